The molecule has 0 spiro atoms. The summed E-state index contributed by atoms with van der Waals surface area (Å²) in [5.74, 6) is 0.341. The van der Waals surface area contributed by atoms with Gasteiger partial charge < -0.3 is 11.1 Å². The molecule has 0 aliphatic rings. The van der Waals surface area contributed by atoms with Crippen LogP contribution in [0.1, 0.15) is 22.3 Å². The lowest BCUT2D eigenvalue weighted by Crippen LogP contribution is -2.06. The topological polar surface area (TPSA) is 74.7 Å². The maximum absolute atomic E-state index is 13.5. The summed E-state index contributed by atoms with van der Waals surface area (Å²) in [5.41, 5.74) is 8.82. The lowest BCUT2D eigenvalue weighted by atomic mass is 10.1. The van der Waals surface area contributed by atoms with Crippen molar-refractivity contribution in [3.63, 3.8) is 0 Å². The predicted octanol–water partition coefficient (Wildman–Crippen LogP) is 2.90. The minimum Gasteiger partial charge on any atom is -0.396 e. The van der Waals surface area contributed by atoms with E-state index in [0.717, 1.165) is 5.56 Å². The van der Waals surface area contributed by atoms with Gasteiger partial charge in [0.15, 0.2) is 0 Å². The monoisotopic (exact) mass is 270 g/mol. The average Bonchev–Trinajstić information content (AvgIpc) is 2.43. The first kappa shape index (κ1) is 13.8. The Morgan fingerprint density at radius 2 is 1.95 bits per heavy atom. The summed E-state index contributed by atoms with van der Waals surface area (Å²) in [6.45, 7) is 3.96. The minimum absolute atomic E-state index is 0.176. The summed E-state index contributed by atoms with van der Waals surface area (Å²) in [7, 11) is 0. The predicted molar refractivity (Wildman–Crippen MR) is 76.6 cm³/mol. The van der Waals surface area contributed by atoms with Crippen LogP contribution in [-0.4, -0.2) is 4.98 Å². The van der Waals surface area contributed by atoms with E-state index in [2.05, 4.69) is 10.3 Å². The molecule has 0 aliphatic carbocycles. The van der Waals surface area contributed by atoms with Gasteiger partial charge in [-0.25, -0.2) is 9.37 Å². The second-order valence-electron chi connectivity index (χ2n) is 4.67. The van der Waals surface area contributed by atoms with Gasteiger partial charge in [0, 0.05) is 12.7 Å². The van der Waals surface area contributed by atoms with Crippen molar-refractivity contribution in [1.29, 1.82) is 5.26 Å². The molecule has 2 rings (SSSR count). The summed E-state index contributed by atoms with van der Waals surface area (Å²) in [6.07, 6.45) is 1.46. The van der Waals surface area contributed by atoms with E-state index in [4.69, 9.17) is 11.0 Å². The smallest absolute Gasteiger partial charge is 0.149 e. The van der Waals surface area contributed by atoms with Gasteiger partial charge >= 0.3 is 0 Å². The second kappa shape index (κ2) is 5.57. The number of benzene rings is 1. The first-order chi connectivity index (χ1) is 9.51. The number of pyridine rings is 1. The molecule has 0 unspecified atom stereocenters. The molecule has 3 N–H and O–H groups in total. The molecule has 0 fully saturated rings. The lowest BCUT2D eigenvalue weighted by Gasteiger charge is -2.10. The van der Waals surface area contributed by atoms with E-state index in [9.17, 15) is 4.39 Å². The van der Waals surface area contributed by atoms with Crippen LogP contribution in [0, 0.1) is 31.0 Å². The summed E-state index contributed by atoms with van der Waals surface area (Å²) in [6, 6.07) is 7.12. The van der Waals surface area contributed by atoms with Crippen molar-refractivity contribution in [2.24, 2.45) is 0 Å². The van der Waals surface area contributed by atoms with Gasteiger partial charge in [0.1, 0.15) is 17.7 Å². The highest BCUT2D eigenvalue weighted by molar-refractivity contribution is 5.63. The van der Waals surface area contributed by atoms with Gasteiger partial charge in [0.25, 0.3) is 0 Å². The van der Waals surface area contributed by atoms with Crippen LogP contribution in [-0.2, 0) is 6.54 Å². The number of nitriles is 1. The standard InChI is InChI=1S/C15H15FN4/c1-9-3-11(4-10(2)14(9)16)7-19-15-13(18)5-12(6-17)8-20-15/h3-5,8H,7,18H2,1-2H3,(H,19,20). The highest BCUT2D eigenvalue weighted by atomic mass is 19.1. The summed E-state index contributed by atoms with van der Waals surface area (Å²) >= 11 is 0. The van der Waals surface area contributed by atoms with Crippen LogP contribution in [0.5, 0.6) is 0 Å². The van der Waals surface area contributed by atoms with Crippen LogP contribution in [0.3, 0.4) is 0 Å². The zero-order chi connectivity index (χ0) is 14.7. The molecule has 0 saturated carbocycles. The molecular weight excluding hydrogens is 255 g/mol. The van der Waals surface area contributed by atoms with Gasteiger partial charge in [-0.05, 0) is 36.6 Å². The third-order valence-electron chi connectivity index (χ3n) is 3.00. The fourth-order valence-corrected chi connectivity index (χ4v) is 2.01. The fourth-order valence-electron chi connectivity index (χ4n) is 2.01. The number of anilines is 2. The number of halogens is 1. The quantitative estimate of drug-likeness (QED) is 0.899. The van der Waals surface area contributed by atoms with Gasteiger partial charge in [-0.2, -0.15) is 5.26 Å². The lowest BCUT2D eigenvalue weighted by molar-refractivity contribution is 0.608. The fraction of sp³-hybridized carbons (Fsp3) is 0.200. The van der Waals surface area contributed by atoms with Crippen molar-refractivity contribution in [1.82, 2.24) is 4.98 Å². The first-order valence-corrected chi connectivity index (χ1v) is 6.16. The highest BCUT2D eigenvalue weighted by Crippen LogP contribution is 2.19. The SMILES string of the molecule is Cc1cc(CNc2ncc(C#N)cc2N)cc(C)c1F. The summed E-state index contributed by atoms with van der Waals surface area (Å²) in [4.78, 5) is 4.09. The second-order valence-corrected chi connectivity index (χ2v) is 4.67. The van der Waals surface area contributed by atoms with Crippen LogP contribution in [0.4, 0.5) is 15.9 Å². The molecule has 4 nitrogen and oxygen atoms in total. The van der Waals surface area contributed by atoms with E-state index in [1.807, 2.05) is 6.07 Å². The zero-order valence-corrected chi connectivity index (χ0v) is 11.4. The molecule has 0 amide bonds. The molecule has 0 bridgehead atoms. The van der Waals surface area contributed by atoms with Crippen LogP contribution in [0.15, 0.2) is 24.4 Å². The van der Waals surface area contributed by atoms with Crippen molar-refractivity contribution in [2.45, 2.75) is 20.4 Å². The van der Waals surface area contributed by atoms with E-state index in [0.29, 0.717) is 34.7 Å². The van der Waals surface area contributed by atoms with Crippen LogP contribution < -0.4 is 11.1 Å². The molecular formula is C15H15FN4. The van der Waals surface area contributed by atoms with E-state index in [1.54, 1.807) is 32.0 Å². The van der Waals surface area contributed by atoms with Gasteiger partial charge in [-0.1, -0.05) is 12.1 Å². The van der Waals surface area contributed by atoms with Crippen molar-refractivity contribution in [3.8, 4) is 6.07 Å². The van der Waals surface area contributed by atoms with Crippen molar-refractivity contribution in [3.05, 3.63) is 52.5 Å². The summed E-state index contributed by atoms with van der Waals surface area (Å²) in [5, 5.41) is 11.8. The number of nitrogens with zero attached hydrogens (tertiary/aromatic N) is 2. The Labute approximate surface area is 117 Å². The molecule has 2 aromatic rings. The van der Waals surface area contributed by atoms with Crippen molar-refractivity contribution >= 4 is 11.5 Å². The first-order valence-electron chi connectivity index (χ1n) is 6.16. The molecule has 0 aliphatic heterocycles. The molecule has 0 radical (unpaired) electrons. The number of rotatable bonds is 3. The maximum atomic E-state index is 13.5. The summed E-state index contributed by atoms with van der Waals surface area (Å²) < 4.78 is 13.5. The number of nitrogen functional groups attached to an aromatic ring is 1. The van der Waals surface area contributed by atoms with E-state index in [1.165, 1.54) is 6.20 Å². The Morgan fingerprint density at radius 3 is 2.50 bits per heavy atom. The maximum Gasteiger partial charge on any atom is 0.149 e. The number of nitrogens with one attached hydrogen (secondary N) is 1. The van der Waals surface area contributed by atoms with Gasteiger partial charge in [0.2, 0.25) is 0 Å². The Balaban J connectivity index is 2.15. The molecule has 0 saturated heterocycles. The Kier molecular flexibility index (Phi) is 3.85. The average molecular weight is 270 g/mol. The zero-order valence-electron chi connectivity index (χ0n) is 11.4. The molecule has 5 heteroatoms. The third kappa shape index (κ3) is 2.86. The van der Waals surface area contributed by atoms with Crippen LogP contribution in [0.25, 0.3) is 0 Å². The molecule has 1 aromatic heterocycles. The number of aromatic nitrogens is 1. The van der Waals surface area contributed by atoms with Crippen molar-refractivity contribution < 1.29 is 4.39 Å². The molecule has 102 valence electrons. The van der Waals surface area contributed by atoms with Gasteiger partial charge in [0.05, 0.1) is 11.3 Å². The minimum atomic E-state index is -0.176. The number of hydrogen-bond acceptors (Lipinski definition) is 4. The Morgan fingerprint density at radius 1 is 1.30 bits per heavy atom. The largest absolute Gasteiger partial charge is 0.396 e. The number of aryl methyl sites for hydroxylation is 2. The highest BCUT2D eigenvalue weighted by Gasteiger charge is 2.06. The molecule has 20 heavy (non-hydrogen) atoms. The number of nitrogens with two attached hydrogens (primary N) is 1. The molecule has 1 aromatic carbocycles. The Bertz CT molecular complexity index is 666. The van der Waals surface area contributed by atoms with Crippen LogP contribution in [0.2, 0.25) is 0 Å². The van der Waals surface area contributed by atoms with Gasteiger partial charge in [-0.3, -0.25) is 0 Å². The van der Waals surface area contributed by atoms with Gasteiger partial charge in [-0.15, -0.1) is 0 Å². The van der Waals surface area contributed by atoms with E-state index >= 15 is 0 Å². The Hall–Kier alpha value is -2.61. The van der Waals surface area contributed by atoms with E-state index in [-0.39, 0.29) is 5.82 Å². The third-order valence-corrected chi connectivity index (χ3v) is 3.00. The van der Waals surface area contributed by atoms with E-state index < -0.39 is 0 Å². The molecule has 1 heterocycles. The van der Waals surface area contributed by atoms with Crippen LogP contribution >= 0.6 is 0 Å². The number of hydrogen-bond donors (Lipinski definition) is 2. The van der Waals surface area contributed by atoms with Crippen molar-refractivity contribution in [2.75, 3.05) is 11.1 Å². The normalized spacial score (nSPS) is 10.1. The molecule has 0 atom stereocenters.